The number of hydrogen-bond acceptors (Lipinski definition) is 3. The first-order chi connectivity index (χ1) is 12.4. The first-order valence-electron chi connectivity index (χ1n) is 8.49. The van der Waals surface area contributed by atoms with Gasteiger partial charge in [0.2, 0.25) is 0 Å². The van der Waals surface area contributed by atoms with Crippen LogP contribution in [0.1, 0.15) is 31.0 Å². The summed E-state index contributed by atoms with van der Waals surface area (Å²) >= 11 is 0. The molecule has 0 aliphatic carbocycles. The van der Waals surface area contributed by atoms with Gasteiger partial charge < -0.3 is 10.0 Å². The zero-order valence-corrected chi connectivity index (χ0v) is 14.6. The average Bonchev–Trinajstić information content (AvgIpc) is 2.87. The summed E-state index contributed by atoms with van der Waals surface area (Å²) in [7, 11) is 0. The highest BCUT2D eigenvalue weighted by atomic mass is 19.1. The van der Waals surface area contributed by atoms with Crippen LogP contribution in [-0.4, -0.2) is 28.2 Å². The number of aliphatic hydroxyl groups excluding tert-OH is 1. The average molecular weight is 353 g/mol. The summed E-state index contributed by atoms with van der Waals surface area (Å²) in [4.78, 5) is 26.7. The minimum Gasteiger partial charge on any atom is -0.507 e. The number of likely N-dealkylation sites (tertiary alicyclic amines) is 1. The molecular formula is C21H20FNO3. The number of nitrogens with zero attached hydrogens (tertiary/aromatic N) is 1. The standard InChI is InChI=1S/C21H20FNO3/c1-13(2)12-23-18(14-8-10-16(22)11-9-14)17(20(25)21(23)26)19(24)15-6-4-3-5-7-15/h3-11,13,18,24H,12H2,1-2H3. The number of benzene rings is 2. The van der Waals surface area contributed by atoms with Crippen LogP contribution in [0.5, 0.6) is 0 Å². The Hall–Kier alpha value is -2.95. The van der Waals surface area contributed by atoms with E-state index in [1.54, 1.807) is 30.3 Å². The number of rotatable bonds is 4. The van der Waals surface area contributed by atoms with E-state index >= 15 is 0 Å². The van der Waals surface area contributed by atoms with E-state index < -0.39 is 23.5 Å². The Balaban J connectivity index is 2.18. The van der Waals surface area contributed by atoms with Crippen LogP contribution in [0, 0.1) is 11.7 Å². The van der Waals surface area contributed by atoms with Crippen LogP contribution >= 0.6 is 0 Å². The van der Waals surface area contributed by atoms with Crippen LogP contribution in [0.15, 0.2) is 60.2 Å². The van der Waals surface area contributed by atoms with Gasteiger partial charge >= 0.3 is 0 Å². The largest absolute Gasteiger partial charge is 0.507 e. The van der Waals surface area contributed by atoms with E-state index in [1.165, 1.54) is 29.2 Å². The van der Waals surface area contributed by atoms with Gasteiger partial charge in [0, 0.05) is 12.1 Å². The normalized spacial score (nSPS) is 19.4. The molecule has 2 aromatic carbocycles. The van der Waals surface area contributed by atoms with Crippen LogP contribution in [-0.2, 0) is 9.59 Å². The topological polar surface area (TPSA) is 57.6 Å². The maximum atomic E-state index is 13.3. The molecule has 1 fully saturated rings. The lowest BCUT2D eigenvalue weighted by Gasteiger charge is -2.26. The summed E-state index contributed by atoms with van der Waals surface area (Å²) in [6, 6.07) is 13.5. The van der Waals surface area contributed by atoms with Crippen molar-refractivity contribution in [2.75, 3.05) is 6.54 Å². The molecule has 0 spiro atoms. The lowest BCUT2D eigenvalue weighted by atomic mass is 9.95. The van der Waals surface area contributed by atoms with E-state index in [2.05, 4.69) is 0 Å². The van der Waals surface area contributed by atoms with Gasteiger partial charge in [0.1, 0.15) is 11.6 Å². The minimum atomic E-state index is -0.738. The fourth-order valence-electron chi connectivity index (χ4n) is 3.20. The van der Waals surface area contributed by atoms with E-state index in [0.717, 1.165) is 0 Å². The lowest BCUT2D eigenvalue weighted by molar-refractivity contribution is -0.140. The van der Waals surface area contributed by atoms with Gasteiger partial charge in [0.05, 0.1) is 11.6 Å². The molecule has 1 atom stereocenters. The fourth-order valence-corrected chi connectivity index (χ4v) is 3.20. The third kappa shape index (κ3) is 3.25. The van der Waals surface area contributed by atoms with Crippen LogP contribution in [0.2, 0.25) is 0 Å². The van der Waals surface area contributed by atoms with Crippen LogP contribution in [0.4, 0.5) is 4.39 Å². The Morgan fingerprint density at radius 3 is 2.27 bits per heavy atom. The number of carbonyl (C=O) groups excluding carboxylic acids is 2. The van der Waals surface area contributed by atoms with Crippen molar-refractivity contribution in [1.29, 1.82) is 0 Å². The molecule has 1 amide bonds. The molecule has 4 nitrogen and oxygen atoms in total. The van der Waals surface area contributed by atoms with Crippen LogP contribution in [0.3, 0.4) is 0 Å². The number of carbonyl (C=O) groups is 2. The Bertz CT molecular complexity index is 857. The van der Waals surface area contributed by atoms with Gasteiger partial charge in [-0.05, 0) is 23.6 Å². The molecule has 134 valence electrons. The number of Topliss-reactive ketones (excluding diaryl/α,β-unsaturated/α-hetero) is 1. The summed E-state index contributed by atoms with van der Waals surface area (Å²) < 4.78 is 13.3. The molecule has 26 heavy (non-hydrogen) atoms. The van der Waals surface area contributed by atoms with Crippen molar-refractivity contribution in [2.45, 2.75) is 19.9 Å². The second-order valence-corrected chi connectivity index (χ2v) is 6.76. The first-order valence-corrected chi connectivity index (χ1v) is 8.49. The van der Waals surface area contributed by atoms with Crippen molar-refractivity contribution in [1.82, 2.24) is 4.90 Å². The molecule has 1 aliphatic rings. The van der Waals surface area contributed by atoms with Gasteiger partial charge in [-0.2, -0.15) is 0 Å². The molecule has 2 aromatic rings. The van der Waals surface area contributed by atoms with Crippen molar-refractivity contribution in [3.63, 3.8) is 0 Å². The highest BCUT2D eigenvalue weighted by molar-refractivity contribution is 6.46. The minimum absolute atomic E-state index is 0.0356. The predicted octanol–water partition coefficient (Wildman–Crippen LogP) is 3.90. The number of halogens is 1. The molecule has 0 saturated carbocycles. The van der Waals surface area contributed by atoms with Crippen LogP contribution in [0.25, 0.3) is 5.76 Å². The molecule has 1 N–H and O–H groups in total. The zero-order chi connectivity index (χ0) is 18.8. The molecule has 0 radical (unpaired) electrons. The number of amides is 1. The monoisotopic (exact) mass is 353 g/mol. The lowest BCUT2D eigenvalue weighted by Crippen LogP contribution is -2.33. The molecule has 0 bridgehead atoms. The van der Waals surface area contributed by atoms with Crippen molar-refractivity contribution in [3.8, 4) is 0 Å². The van der Waals surface area contributed by atoms with Crippen LogP contribution < -0.4 is 0 Å². The Labute approximate surface area is 151 Å². The van der Waals surface area contributed by atoms with E-state index in [1.807, 2.05) is 13.8 Å². The van der Waals surface area contributed by atoms with Gasteiger partial charge in [-0.25, -0.2) is 4.39 Å². The second-order valence-electron chi connectivity index (χ2n) is 6.76. The third-order valence-electron chi connectivity index (χ3n) is 4.33. The molecule has 0 aromatic heterocycles. The quantitative estimate of drug-likeness (QED) is 0.515. The van der Waals surface area contributed by atoms with Gasteiger partial charge in [-0.15, -0.1) is 0 Å². The van der Waals surface area contributed by atoms with Gasteiger partial charge in [0.25, 0.3) is 11.7 Å². The van der Waals surface area contributed by atoms with Gasteiger partial charge in [-0.1, -0.05) is 56.3 Å². The zero-order valence-electron chi connectivity index (χ0n) is 14.6. The number of aliphatic hydroxyl groups is 1. The highest BCUT2D eigenvalue weighted by Crippen LogP contribution is 2.39. The van der Waals surface area contributed by atoms with E-state index in [4.69, 9.17) is 0 Å². The molecule has 1 aliphatic heterocycles. The van der Waals surface area contributed by atoms with E-state index in [9.17, 15) is 19.1 Å². The molecule has 5 heteroatoms. The fraction of sp³-hybridized carbons (Fsp3) is 0.238. The smallest absolute Gasteiger partial charge is 0.295 e. The summed E-state index contributed by atoms with van der Waals surface area (Å²) in [5.74, 6) is -1.86. The Kier molecular flexibility index (Phi) is 4.89. The first kappa shape index (κ1) is 17.9. The third-order valence-corrected chi connectivity index (χ3v) is 4.33. The Morgan fingerprint density at radius 1 is 1.08 bits per heavy atom. The number of ketones is 1. The van der Waals surface area contributed by atoms with Gasteiger partial charge in [-0.3, -0.25) is 9.59 Å². The Morgan fingerprint density at radius 2 is 1.69 bits per heavy atom. The number of hydrogen-bond donors (Lipinski definition) is 1. The highest BCUT2D eigenvalue weighted by Gasteiger charge is 2.46. The maximum Gasteiger partial charge on any atom is 0.295 e. The SMILES string of the molecule is CC(C)CN1C(=O)C(=O)C(=C(O)c2ccccc2)C1c1ccc(F)cc1. The molecular weight excluding hydrogens is 333 g/mol. The predicted molar refractivity (Wildman–Crippen MR) is 96.7 cm³/mol. The summed E-state index contributed by atoms with van der Waals surface area (Å²) in [6.07, 6.45) is 0. The summed E-state index contributed by atoms with van der Waals surface area (Å²) in [5, 5.41) is 10.8. The van der Waals surface area contributed by atoms with E-state index in [-0.39, 0.29) is 17.3 Å². The second kappa shape index (κ2) is 7.12. The van der Waals surface area contributed by atoms with Gasteiger partial charge in [0.15, 0.2) is 0 Å². The molecule has 1 heterocycles. The molecule has 1 saturated heterocycles. The molecule has 3 rings (SSSR count). The molecule has 1 unspecified atom stereocenters. The van der Waals surface area contributed by atoms with Crippen molar-refractivity contribution in [2.24, 2.45) is 5.92 Å². The van der Waals surface area contributed by atoms with Crippen molar-refractivity contribution >= 4 is 17.4 Å². The summed E-state index contributed by atoms with van der Waals surface area (Å²) in [6.45, 7) is 4.24. The maximum absolute atomic E-state index is 13.3. The van der Waals surface area contributed by atoms with Crippen molar-refractivity contribution < 1.29 is 19.1 Å². The summed E-state index contributed by atoms with van der Waals surface area (Å²) in [5.41, 5.74) is 1.08. The van der Waals surface area contributed by atoms with Crippen molar-refractivity contribution in [3.05, 3.63) is 77.1 Å². The van der Waals surface area contributed by atoms with E-state index in [0.29, 0.717) is 17.7 Å².